The summed E-state index contributed by atoms with van der Waals surface area (Å²) in [7, 11) is 0. The first-order valence-corrected chi connectivity index (χ1v) is 7.26. The van der Waals surface area contributed by atoms with Crippen molar-refractivity contribution in [2.45, 2.75) is 5.88 Å². The molecule has 0 fully saturated rings. The van der Waals surface area contributed by atoms with Gasteiger partial charge in [-0.05, 0) is 47.8 Å². The quantitative estimate of drug-likeness (QED) is 0.517. The van der Waals surface area contributed by atoms with Crippen molar-refractivity contribution in [3.8, 4) is 5.75 Å². The molecule has 0 atom stereocenters. The minimum Gasteiger partial charge on any atom is -0.507 e. The van der Waals surface area contributed by atoms with E-state index in [2.05, 4.69) is 47.8 Å². The number of fused-ring (bicyclic) bond motifs is 1. The second-order valence-corrected chi connectivity index (χ2v) is 5.86. The van der Waals surface area contributed by atoms with Crippen LogP contribution in [0.3, 0.4) is 0 Å². The van der Waals surface area contributed by atoms with Gasteiger partial charge >= 0.3 is 5.63 Å². The van der Waals surface area contributed by atoms with Crippen molar-refractivity contribution in [3.05, 3.63) is 35.5 Å². The number of rotatable bonds is 1. The van der Waals surface area contributed by atoms with Crippen LogP contribution in [0, 0.1) is 0 Å². The third kappa shape index (κ3) is 2.16. The Labute approximate surface area is 126 Å². The minimum absolute atomic E-state index is 0.0182. The number of aromatic hydroxyl groups is 1. The highest BCUT2D eigenvalue weighted by Gasteiger charge is 2.18. The highest BCUT2D eigenvalue weighted by Crippen LogP contribution is 2.40. The zero-order valence-electron chi connectivity index (χ0n) is 8.06. The lowest BCUT2D eigenvalue weighted by Gasteiger charge is -2.09. The predicted molar refractivity (Wildman–Crippen MR) is 76.8 cm³/mol. The molecule has 1 aromatic carbocycles. The summed E-state index contributed by atoms with van der Waals surface area (Å²) in [6, 6.07) is 1.37. The maximum Gasteiger partial charge on any atom is 0.351 e. The molecule has 0 spiro atoms. The van der Waals surface area contributed by atoms with Crippen LogP contribution in [-0.4, -0.2) is 5.11 Å². The van der Waals surface area contributed by atoms with Crippen molar-refractivity contribution in [3.63, 3.8) is 0 Å². The van der Waals surface area contributed by atoms with Gasteiger partial charge in [0.05, 0.1) is 4.47 Å². The lowest BCUT2D eigenvalue weighted by Crippen LogP contribution is -2.04. The minimum atomic E-state index is -0.526. The average Bonchev–Trinajstić information content (AvgIpc) is 2.29. The van der Waals surface area contributed by atoms with Gasteiger partial charge in [-0.15, -0.1) is 11.6 Å². The van der Waals surface area contributed by atoms with E-state index in [0.29, 0.717) is 24.4 Å². The van der Waals surface area contributed by atoms with Gasteiger partial charge < -0.3 is 9.52 Å². The van der Waals surface area contributed by atoms with E-state index in [9.17, 15) is 9.90 Å². The second kappa shape index (κ2) is 4.91. The topological polar surface area (TPSA) is 50.4 Å². The maximum atomic E-state index is 11.5. The van der Waals surface area contributed by atoms with E-state index in [1.54, 1.807) is 0 Å². The van der Waals surface area contributed by atoms with Crippen LogP contribution in [0.1, 0.15) is 5.56 Å². The van der Waals surface area contributed by atoms with Gasteiger partial charge in [0.1, 0.15) is 15.8 Å². The number of phenols is 1. The van der Waals surface area contributed by atoms with E-state index in [1.807, 2.05) is 0 Å². The number of hydrogen-bond donors (Lipinski definition) is 1. The molecule has 0 aliphatic heterocycles. The molecule has 0 unspecified atom stereocenters. The SMILES string of the molecule is O=c1oc2cc(O)c(Br)c(Br)c2c(CCl)c1Br. The van der Waals surface area contributed by atoms with Crippen LogP contribution in [0.15, 0.2) is 28.7 Å². The van der Waals surface area contributed by atoms with Gasteiger partial charge in [0.15, 0.2) is 0 Å². The van der Waals surface area contributed by atoms with E-state index in [0.717, 1.165) is 0 Å². The van der Waals surface area contributed by atoms with Crippen LogP contribution < -0.4 is 5.63 Å². The zero-order chi connectivity index (χ0) is 12.7. The molecular weight excluding hydrogens is 443 g/mol. The first-order chi connectivity index (χ1) is 7.97. The van der Waals surface area contributed by atoms with Crippen molar-refractivity contribution in [2.75, 3.05) is 0 Å². The lowest BCUT2D eigenvalue weighted by atomic mass is 10.1. The molecule has 7 heteroatoms. The smallest absolute Gasteiger partial charge is 0.351 e. The maximum absolute atomic E-state index is 11.5. The van der Waals surface area contributed by atoms with E-state index >= 15 is 0 Å². The molecule has 0 aliphatic rings. The highest BCUT2D eigenvalue weighted by molar-refractivity contribution is 9.13. The van der Waals surface area contributed by atoms with Crippen molar-refractivity contribution in [2.24, 2.45) is 0 Å². The predicted octanol–water partition coefficient (Wildman–Crippen LogP) is 4.52. The van der Waals surface area contributed by atoms with Crippen LogP contribution >= 0.6 is 59.4 Å². The van der Waals surface area contributed by atoms with E-state index in [4.69, 9.17) is 16.0 Å². The van der Waals surface area contributed by atoms with Crippen molar-refractivity contribution < 1.29 is 9.52 Å². The largest absolute Gasteiger partial charge is 0.507 e. The highest BCUT2D eigenvalue weighted by atomic mass is 79.9. The zero-order valence-corrected chi connectivity index (χ0v) is 13.6. The van der Waals surface area contributed by atoms with Gasteiger partial charge in [-0.2, -0.15) is 0 Å². The summed E-state index contributed by atoms with van der Waals surface area (Å²) >= 11 is 15.6. The summed E-state index contributed by atoms with van der Waals surface area (Å²) in [5, 5.41) is 10.3. The van der Waals surface area contributed by atoms with E-state index in [1.165, 1.54) is 6.07 Å². The molecule has 90 valence electrons. The van der Waals surface area contributed by atoms with Gasteiger partial charge in [0.25, 0.3) is 0 Å². The van der Waals surface area contributed by atoms with Crippen LogP contribution in [0.5, 0.6) is 5.75 Å². The summed E-state index contributed by atoms with van der Waals surface area (Å²) in [6.07, 6.45) is 0. The Morgan fingerprint density at radius 3 is 2.47 bits per heavy atom. The Kier molecular flexibility index (Phi) is 3.87. The molecular formula is C10H4Br3ClO3. The van der Waals surface area contributed by atoms with Gasteiger partial charge in [-0.25, -0.2) is 4.79 Å². The Bertz CT molecular complexity index is 666. The van der Waals surface area contributed by atoms with E-state index in [-0.39, 0.29) is 17.2 Å². The van der Waals surface area contributed by atoms with Gasteiger partial charge in [-0.3, -0.25) is 0 Å². The number of alkyl halides is 1. The number of halogens is 4. The molecule has 0 aliphatic carbocycles. The first-order valence-electron chi connectivity index (χ1n) is 4.35. The molecule has 0 saturated carbocycles. The van der Waals surface area contributed by atoms with Crippen LogP contribution in [0.2, 0.25) is 0 Å². The normalized spacial score (nSPS) is 11.1. The van der Waals surface area contributed by atoms with Gasteiger partial charge in [0, 0.05) is 27.4 Å². The summed E-state index contributed by atoms with van der Waals surface area (Å²) in [4.78, 5) is 11.5. The first kappa shape index (κ1) is 13.4. The monoisotopic (exact) mass is 444 g/mol. The number of benzene rings is 1. The number of hydrogen-bond acceptors (Lipinski definition) is 3. The fraction of sp³-hybridized carbons (Fsp3) is 0.100. The van der Waals surface area contributed by atoms with Gasteiger partial charge in [0.2, 0.25) is 0 Å². The summed E-state index contributed by atoms with van der Waals surface area (Å²) in [5.74, 6) is 0.133. The van der Waals surface area contributed by atoms with Crippen LogP contribution in [-0.2, 0) is 5.88 Å². The molecule has 2 rings (SSSR count). The molecule has 2 aromatic rings. The van der Waals surface area contributed by atoms with Crippen LogP contribution in [0.4, 0.5) is 0 Å². The molecule has 17 heavy (non-hydrogen) atoms. The molecule has 1 N–H and O–H groups in total. The molecule has 1 heterocycles. The summed E-state index contributed by atoms with van der Waals surface area (Å²) < 4.78 is 6.44. The fourth-order valence-electron chi connectivity index (χ4n) is 1.45. The van der Waals surface area contributed by atoms with E-state index < -0.39 is 5.63 Å². The fourth-order valence-corrected chi connectivity index (χ4v) is 3.25. The molecule has 0 bridgehead atoms. The number of phenolic OH excluding ortho intramolecular Hbond substituents is 1. The Balaban J connectivity index is 3.07. The Morgan fingerprint density at radius 1 is 1.24 bits per heavy atom. The third-order valence-corrected chi connectivity index (χ3v) is 5.43. The van der Waals surface area contributed by atoms with Crippen molar-refractivity contribution in [1.82, 2.24) is 0 Å². The van der Waals surface area contributed by atoms with Crippen molar-refractivity contribution in [1.29, 1.82) is 0 Å². The molecule has 0 radical (unpaired) electrons. The van der Waals surface area contributed by atoms with Crippen molar-refractivity contribution >= 4 is 70.4 Å². The molecule has 0 amide bonds. The molecule has 1 aromatic heterocycles. The second-order valence-electron chi connectivity index (χ2n) is 3.21. The third-order valence-electron chi connectivity index (χ3n) is 2.23. The Morgan fingerprint density at radius 2 is 1.88 bits per heavy atom. The standard InChI is InChI=1S/C10H4Br3ClO3/c11-7-3(2-14)6-5(17-10(7)16)1-4(15)8(12)9(6)13/h1,15H,2H2. The molecule has 3 nitrogen and oxygen atoms in total. The molecule has 0 saturated heterocycles. The Hall–Kier alpha value is -0.0400. The van der Waals surface area contributed by atoms with Crippen LogP contribution in [0.25, 0.3) is 11.0 Å². The average molecular weight is 447 g/mol. The van der Waals surface area contributed by atoms with Gasteiger partial charge in [-0.1, -0.05) is 0 Å². The summed E-state index contributed by atoms with van der Waals surface area (Å²) in [5.41, 5.74) is 0.369. The summed E-state index contributed by atoms with van der Waals surface area (Å²) in [6.45, 7) is 0. The lowest BCUT2D eigenvalue weighted by molar-refractivity contribution is 0.469.